The fourth-order valence-corrected chi connectivity index (χ4v) is 4.50. The summed E-state index contributed by atoms with van der Waals surface area (Å²) < 4.78 is 68.8. The fraction of sp³-hybridized carbons (Fsp3) is 0.222. The molecule has 0 radical (unpaired) electrons. The van der Waals surface area contributed by atoms with Gasteiger partial charge >= 0.3 is 6.18 Å². The summed E-state index contributed by atoms with van der Waals surface area (Å²) in [5.41, 5.74) is -0.682. The Hall–Kier alpha value is -2.47. The molecule has 0 bridgehead atoms. The molecule has 1 aliphatic rings. The van der Waals surface area contributed by atoms with Crippen molar-refractivity contribution < 1.29 is 26.7 Å². The number of fused-ring (bicyclic) bond motifs is 1. The molecule has 3 heterocycles. The molecule has 5 nitrogen and oxygen atoms in total. The molecule has 158 valence electrons. The van der Waals surface area contributed by atoms with E-state index in [1.807, 2.05) is 0 Å². The number of rotatable bonds is 3. The van der Waals surface area contributed by atoms with Gasteiger partial charge in [-0.25, -0.2) is 13.5 Å². The van der Waals surface area contributed by atoms with Crippen LogP contribution in [0, 0.1) is 11.6 Å². The van der Waals surface area contributed by atoms with E-state index in [0.717, 1.165) is 15.6 Å². The van der Waals surface area contributed by atoms with Crippen LogP contribution in [0.3, 0.4) is 0 Å². The lowest BCUT2D eigenvalue weighted by atomic mass is 10.0. The van der Waals surface area contributed by atoms with Gasteiger partial charge in [-0.15, -0.1) is 11.3 Å². The van der Waals surface area contributed by atoms with Crippen molar-refractivity contribution in [1.82, 2.24) is 9.78 Å². The highest BCUT2D eigenvalue weighted by Crippen LogP contribution is 2.44. The topological polar surface area (TPSA) is 59.0 Å². The minimum absolute atomic E-state index is 0.0192. The van der Waals surface area contributed by atoms with Crippen molar-refractivity contribution in [1.29, 1.82) is 0 Å². The molecule has 0 saturated carbocycles. The van der Waals surface area contributed by atoms with Crippen molar-refractivity contribution in [3.63, 3.8) is 0 Å². The zero-order valence-electron chi connectivity index (χ0n) is 14.8. The predicted molar refractivity (Wildman–Crippen MR) is 105 cm³/mol. The molecule has 1 amide bonds. The molecule has 12 heteroatoms. The van der Waals surface area contributed by atoms with E-state index in [2.05, 4.69) is 31.7 Å². The Morgan fingerprint density at radius 3 is 2.70 bits per heavy atom. The SMILES string of the molecule is O=C(Nc1c(F)cc(F)cc1Br)c1cc2n(n1)[C@@H](C(F)(F)F)C[C@@H](c1cccs1)N2. The molecule has 0 spiro atoms. The zero-order chi connectivity index (χ0) is 21.6. The first kappa shape index (κ1) is 20.8. The number of amides is 1. The smallest absolute Gasteiger partial charge is 0.363 e. The number of benzene rings is 1. The number of alkyl halides is 3. The van der Waals surface area contributed by atoms with E-state index >= 15 is 0 Å². The maximum Gasteiger partial charge on any atom is 0.410 e. The Labute approximate surface area is 179 Å². The molecule has 1 aliphatic heterocycles. The summed E-state index contributed by atoms with van der Waals surface area (Å²) in [7, 11) is 0. The normalized spacial score (nSPS) is 18.6. The van der Waals surface area contributed by atoms with Crippen LogP contribution in [0.2, 0.25) is 0 Å². The number of hydrogen-bond donors (Lipinski definition) is 2. The molecule has 0 fully saturated rings. The molecule has 3 aromatic rings. The molecule has 30 heavy (non-hydrogen) atoms. The van der Waals surface area contributed by atoms with Crippen molar-refractivity contribution in [2.75, 3.05) is 10.6 Å². The average molecular weight is 507 g/mol. The third-order valence-electron chi connectivity index (χ3n) is 4.55. The van der Waals surface area contributed by atoms with Crippen LogP contribution in [-0.2, 0) is 0 Å². The lowest BCUT2D eigenvalue weighted by Gasteiger charge is -2.32. The molecular weight excluding hydrogens is 495 g/mol. The van der Waals surface area contributed by atoms with Gasteiger partial charge in [-0.1, -0.05) is 6.07 Å². The minimum atomic E-state index is -4.59. The van der Waals surface area contributed by atoms with E-state index in [0.29, 0.717) is 6.07 Å². The quantitative estimate of drug-likeness (QED) is 0.435. The van der Waals surface area contributed by atoms with Gasteiger partial charge in [-0.2, -0.15) is 18.3 Å². The van der Waals surface area contributed by atoms with Crippen molar-refractivity contribution in [3.8, 4) is 0 Å². The van der Waals surface area contributed by atoms with E-state index < -0.39 is 35.8 Å². The molecular formula is C18H12BrF5N4OS. The van der Waals surface area contributed by atoms with E-state index in [1.165, 1.54) is 17.4 Å². The van der Waals surface area contributed by atoms with Gasteiger partial charge in [0.05, 0.1) is 11.7 Å². The zero-order valence-corrected chi connectivity index (χ0v) is 17.2. The van der Waals surface area contributed by atoms with E-state index in [9.17, 15) is 26.7 Å². The number of hydrogen-bond acceptors (Lipinski definition) is 4. The summed E-state index contributed by atoms with van der Waals surface area (Å²) in [5, 5.41) is 10.7. The third-order valence-corrected chi connectivity index (χ3v) is 6.17. The monoisotopic (exact) mass is 506 g/mol. The van der Waals surface area contributed by atoms with Crippen molar-refractivity contribution in [3.05, 3.63) is 62.4 Å². The minimum Gasteiger partial charge on any atom is -0.363 e. The Morgan fingerprint density at radius 1 is 1.30 bits per heavy atom. The molecule has 0 saturated heterocycles. The highest BCUT2D eigenvalue weighted by molar-refractivity contribution is 9.10. The molecule has 0 unspecified atom stereocenters. The molecule has 0 aliphatic carbocycles. The second kappa shape index (κ2) is 7.65. The molecule has 2 N–H and O–H groups in total. The first-order valence-corrected chi connectivity index (χ1v) is 10.2. The van der Waals surface area contributed by atoms with Crippen LogP contribution >= 0.6 is 27.3 Å². The summed E-state index contributed by atoms with van der Waals surface area (Å²) in [5.74, 6) is -2.81. The number of nitrogens with one attached hydrogen (secondary N) is 2. The summed E-state index contributed by atoms with van der Waals surface area (Å²) >= 11 is 4.26. The third kappa shape index (κ3) is 3.93. The second-order valence-electron chi connectivity index (χ2n) is 6.56. The van der Waals surface area contributed by atoms with Gasteiger partial charge in [0.25, 0.3) is 5.91 Å². The van der Waals surface area contributed by atoms with E-state index in [-0.39, 0.29) is 28.1 Å². The number of carbonyl (C=O) groups excluding carboxylic acids is 1. The second-order valence-corrected chi connectivity index (χ2v) is 8.40. The predicted octanol–water partition coefficient (Wildman–Crippen LogP) is 5.90. The van der Waals surface area contributed by atoms with Crippen LogP contribution in [0.5, 0.6) is 0 Å². The van der Waals surface area contributed by atoms with Crippen molar-refractivity contribution in [2.45, 2.75) is 24.7 Å². The Bertz CT molecular complexity index is 1080. The van der Waals surface area contributed by atoms with Crippen molar-refractivity contribution in [2.24, 2.45) is 0 Å². The van der Waals surface area contributed by atoms with Gasteiger partial charge in [0.1, 0.15) is 11.6 Å². The van der Waals surface area contributed by atoms with Gasteiger partial charge in [-0.3, -0.25) is 4.79 Å². The molecule has 2 atom stereocenters. The summed E-state index contributed by atoms with van der Waals surface area (Å²) in [6.45, 7) is 0. The summed E-state index contributed by atoms with van der Waals surface area (Å²) in [4.78, 5) is 13.2. The lowest BCUT2D eigenvalue weighted by molar-refractivity contribution is -0.173. The highest BCUT2D eigenvalue weighted by Gasteiger charge is 2.47. The van der Waals surface area contributed by atoms with Crippen LogP contribution in [-0.4, -0.2) is 21.9 Å². The van der Waals surface area contributed by atoms with Crippen LogP contribution in [0.4, 0.5) is 33.5 Å². The first-order chi connectivity index (χ1) is 14.1. The standard InChI is InChI=1S/C18H12BrF5N4OS/c19-9-4-8(20)5-10(21)16(9)26-17(29)12-7-15-25-11(13-2-1-3-30-13)6-14(18(22,23)24)28(15)27-12/h1-5,7,11,14,25H,6H2,(H,26,29)/t11-,14+/m0/s1. The lowest BCUT2D eigenvalue weighted by Crippen LogP contribution is -2.35. The largest absolute Gasteiger partial charge is 0.410 e. The van der Waals surface area contributed by atoms with E-state index in [4.69, 9.17) is 0 Å². The van der Waals surface area contributed by atoms with Gasteiger partial charge in [0.2, 0.25) is 0 Å². The van der Waals surface area contributed by atoms with Crippen LogP contribution in [0.1, 0.15) is 33.9 Å². The number of anilines is 2. The van der Waals surface area contributed by atoms with Crippen LogP contribution in [0.15, 0.2) is 40.2 Å². The van der Waals surface area contributed by atoms with Crippen LogP contribution < -0.4 is 10.6 Å². The van der Waals surface area contributed by atoms with Gasteiger partial charge in [0, 0.05) is 27.9 Å². The average Bonchev–Trinajstić information content (AvgIpc) is 3.32. The van der Waals surface area contributed by atoms with Crippen molar-refractivity contribution >= 4 is 44.7 Å². The highest BCUT2D eigenvalue weighted by atomic mass is 79.9. The van der Waals surface area contributed by atoms with Gasteiger partial charge in [0.15, 0.2) is 17.6 Å². The Balaban J connectivity index is 1.66. The molecule has 2 aromatic heterocycles. The maximum absolute atomic E-state index is 14.0. The number of thiophene rings is 1. The first-order valence-electron chi connectivity index (χ1n) is 8.55. The fourth-order valence-electron chi connectivity index (χ4n) is 3.20. The van der Waals surface area contributed by atoms with E-state index in [1.54, 1.807) is 17.5 Å². The number of nitrogens with zero attached hydrogens (tertiary/aromatic N) is 2. The Kier molecular flexibility index (Phi) is 5.30. The summed E-state index contributed by atoms with van der Waals surface area (Å²) in [6, 6.07) is 3.63. The van der Waals surface area contributed by atoms with Crippen LogP contribution in [0.25, 0.3) is 0 Å². The summed E-state index contributed by atoms with van der Waals surface area (Å²) in [6.07, 6.45) is -4.88. The Morgan fingerprint density at radius 2 is 2.07 bits per heavy atom. The number of carbonyl (C=O) groups is 1. The number of halogens is 6. The molecule has 4 rings (SSSR count). The maximum atomic E-state index is 14.0. The van der Waals surface area contributed by atoms with Gasteiger partial charge in [-0.05, 0) is 33.4 Å². The number of aromatic nitrogens is 2. The van der Waals surface area contributed by atoms with Gasteiger partial charge < -0.3 is 10.6 Å². The molecule has 1 aromatic carbocycles.